The van der Waals surface area contributed by atoms with Crippen LogP contribution in [0.4, 0.5) is 0 Å². The molecule has 0 saturated heterocycles. The second-order valence-corrected chi connectivity index (χ2v) is 8.54. The van der Waals surface area contributed by atoms with Gasteiger partial charge in [-0.15, -0.1) is 0 Å². The summed E-state index contributed by atoms with van der Waals surface area (Å²) in [6.45, 7) is 8.05. The third-order valence-electron chi connectivity index (χ3n) is 6.84. The van der Waals surface area contributed by atoms with Crippen molar-refractivity contribution in [2.45, 2.75) is 25.7 Å². The van der Waals surface area contributed by atoms with Crippen molar-refractivity contribution in [2.24, 2.45) is 0 Å². The fourth-order valence-electron chi connectivity index (χ4n) is 5.58. The lowest BCUT2D eigenvalue weighted by Gasteiger charge is -2.16. The molecule has 0 aliphatic heterocycles. The van der Waals surface area contributed by atoms with Crippen molar-refractivity contribution >= 4 is 38.4 Å². The van der Waals surface area contributed by atoms with Crippen LogP contribution in [-0.4, -0.2) is 9.13 Å². The van der Waals surface area contributed by atoms with Gasteiger partial charge in [0.25, 0.3) is 0 Å². The van der Waals surface area contributed by atoms with E-state index in [4.69, 9.17) is 0 Å². The first kappa shape index (κ1) is 18.9. The molecule has 0 bridgehead atoms. The fourth-order valence-corrected chi connectivity index (χ4v) is 5.58. The summed E-state index contributed by atoms with van der Waals surface area (Å²) in [6.07, 6.45) is 10.6. The monoisotopic (exact) mass is 414 g/mol. The Bertz CT molecular complexity index is 1540. The number of hydrogen-bond donors (Lipinski definition) is 0. The number of nitrogens with zero attached hydrogens (tertiary/aromatic N) is 2. The van der Waals surface area contributed by atoms with Crippen molar-refractivity contribution in [2.75, 3.05) is 0 Å². The number of aromatic nitrogens is 2. The molecular weight excluding hydrogens is 388 g/mol. The van der Waals surface area contributed by atoms with Gasteiger partial charge in [0.1, 0.15) is 0 Å². The minimum atomic E-state index is 1.09. The molecule has 0 unspecified atom stereocenters. The molecule has 2 heteroatoms. The Labute approximate surface area is 188 Å². The molecule has 5 aromatic rings. The number of rotatable bonds is 4. The first-order chi connectivity index (χ1) is 15.8. The van der Waals surface area contributed by atoms with Crippen LogP contribution in [0.1, 0.15) is 24.1 Å². The molecule has 32 heavy (non-hydrogen) atoms. The van der Waals surface area contributed by atoms with E-state index in [1.165, 1.54) is 62.5 Å². The Morgan fingerprint density at radius 3 is 2.38 bits per heavy atom. The summed E-state index contributed by atoms with van der Waals surface area (Å²) in [5, 5.41) is 4.00. The van der Waals surface area contributed by atoms with E-state index in [1.807, 2.05) is 12.2 Å². The summed E-state index contributed by atoms with van der Waals surface area (Å²) in [6, 6.07) is 24.1. The zero-order valence-corrected chi connectivity index (χ0v) is 18.2. The highest BCUT2D eigenvalue weighted by atomic mass is 15.0. The number of allylic oxidation sites excluding steroid dienone is 4. The standard InChI is InChI=1S/C30H26N2/c1-3-12-21(4-2)31-27-18-11-9-16-25(27)29-28(31)20-19-24-23-15-8-10-17-26(23)32(30(24)29)22-13-6-5-7-14-22/h3-8,10,12-15,17,19-20H,1-2,9,11,16,18H2/b21-12+. The summed E-state index contributed by atoms with van der Waals surface area (Å²) in [5.74, 6) is 0. The lowest BCUT2D eigenvalue weighted by Crippen LogP contribution is -2.07. The quantitative estimate of drug-likeness (QED) is 0.265. The van der Waals surface area contributed by atoms with E-state index in [1.54, 1.807) is 0 Å². The molecule has 156 valence electrons. The summed E-state index contributed by atoms with van der Waals surface area (Å²) < 4.78 is 4.88. The van der Waals surface area contributed by atoms with Gasteiger partial charge >= 0.3 is 0 Å². The van der Waals surface area contributed by atoms with Crippen LogP contribution in [0, 0.1) is 0 Å². The van der Waals surface area contributed by atoms with E-state index < -0.39 is 0 Å². The number of para-hydroxylation sites is 2. The van der Waals surface area contributed by atoms with Gasteiger partial charge in [0.2, 0.25) is 0 Å². The minimum Gasteiger partial charge on any atom is -0.313 e. The van der Waals surface area contributed by atoms with Crippen LogP contribution in [0.25, 0.3) is 44.1 Å². The highest BCUT2D eigenvalue weighted by Crippen LogP contribution is 2.42. The van der Waals surface area contributed by atoms with Gasteiger partial charge in [0.05, 0.1) is 16.6 Å². The molecule has 1 aliphatic carbocycles. The van der Waals surface area contributed by atoms with E-state index in [-0.39, 0.29) is 0 Å². The lowest BCUT2D eigenvalue weighted by molar-refractivity contribution is 0.669. The zero-order valence-electron chi connectivity index (χ0n) is 18.2. The summed E-state index contributed by atoms with van der Waals surface area (Å²) >= 11 is 0. The van der Waals surface area contributed by atoms with Crippen molar-refractivity contribution in [3.8, 4) is 5.69 Å². The predicted octanol–water partition coefficient (Wildman–Crippen LogP) is 7.83. The van der Waals surface area contributed by atoms with Crippen LogP contribution in [-0.2, 0) is 12.8 Å². The Kier molecular flexibility index (Phi) is 4.39. The van der Waals surface area contributed by atoms with Crippen LogP contribution in [0.15, 0.2) is 98.1 Å². The maximum absolute atomic E-state index is 4.11. The van der Waals surface area contributed by atoms with Crippen molar-refractivity contribution in [3.63, 3.8) is 0 Å². The van der Waals surface area contributed by atoms with Crippen molar-refractivity contribution in [1.82, 2.24) is 9.13 Å². The molecule has 1 aliphatic rings. The maximum Gasteiger partial charge on any atom is 0.0637 e. The normalized spacial score (nSPS) is 14.2. The van der Waals surface area contributed by atoms with Crippen LogP contribution in [0.5, 0.6) is 0 Å². The van der Waals surface area contributed by atoms with E-state index in [2.05, 4.69) is 95.1 Å². The van der Waals surface area contributed by atoms with Crippen molar-refractivity contribution in [1.29, 1.82) is 0 Å². The molecule has 2 heterocycles. The highest BCUT2D eigenvalue weighted by molar-refractivity contribution is 6.19. The summed E-state index contributed by atoms with van der Waals surface area (Å²) in [5.41, 5.74) is 9.05. The van der Waals surface area contributed by atoms with Crippen LogP contribution < -0.4 is 0 Å². The Morgan fingerprint density at radius 2 is 1.56 bits per heavy atom. The van der Waals surface area contributed by atoms with E-state index in [9.17, 15) is 0 Å². The van der Waals surface area contributed by atoms with Gasteiger partial charge in [-0.1, -0.05) is 61.7 Å². The Morgan fingerprint density at radius 1 is 0.781 bits per heavy atom. The van der Waals surface area contributed by atoms with Gasteiger partial charge in [-0.3, -0.25) is 0 Å². The van der Waals surface area contributed by atoms with Gasteiger partial charge in [0.15, 0.2) is 0 Å². The molecule has 6 rings (SSSR count). The van der Waals surface area contributed by atoms with Crippen molar-refractivity contribution in [3.05, 3.63) is 109 Å². The molecule has 0 saturated carbocycles. The second-order valence-electron chi connectivity index (χ2n) is 8.54. The molecule has 0 fully saturated rings. The highest BCUT2D eigenvalue weighted by Gasteiger charge is 2.25. The fraction of sp³-hybridized carbons (Fsp3) is 0.133. The minimum absolute atomic E-state index is 1.09. The van der Waals surface area contributed by atoms with Gasteiger partial charge in [-0.2, -0.15) is 0 Å². The molecular formula is C30H26N2. The summed E-state index contributed by atoms with van der Waals surface area (Å²) in [4.78, 5) is 0. The van der Waals surface area contributed by atoms with E-state index >= 15 is 0 Å². The number of hydrogen-bond acceptors (Lipinski definition) is 0. The number of benzene rings is 3. The third kappa shape index (κ3) is 2.59. The SMILES string of the molecule is C=C/C=C(\C=C)n1c2c(c3c1ccc1c4ccccc4n(-c4ccccc4)c13)CCCC2. The first-order valence-corrected chi connectivity index (χ1v) is 11.4. The average Bonchev–Trinajstić information content (AvgIpc) is 3.36. The number of fused-ring (bicyclic) bond motifs is 7. The molecule has 2 aromatic heterocycles. The van der Waals surface area contributed by atoms with E-state index in [0.29, 0.717) is 0 Å². The maximum atomic E-state index is 4.11. The van der Waals surface area contributed by atoms with Crippen LogP contribution in [0.3, 0.4) is 0 Å². The average molecular weight is 415 g/mol. The van der Waals surface area contributed by atoms with Gasteiger partial charge in [-0.25, -0.2) is 0 Å². The molecule has 0 amide bonds. The Balaban J connectivity index is 1.87. The molecule has 0 spiro atoms. The first-order valence-electron chi connectivity index (χ1n) is 11.4. The predicted molar refractivity (Wildman–Crippen MR) is 138 cm³/mol. The van der Waals surface area contributed by atoms with Gasteiger partial charge in [0, 0.05) is 33.2 Å². The molecule has 0 N–H and O–H groups in total. The molecule has 0 atom stereocenters. The third-order valence-corrected chi connectivity index (χ3v) is 6.84. The largest absolute Gasteiger partial charge is 0.313 e. The zero-order chi connectivity index (χ0) is 21.7. The van der Waals surface area contributed by atoms with Crippen LogP contribution >= 0.6 is 0 Å². The second kappa shape index (κ2) is 7.42. The summed E-state index contributed by atoms with van der Waals surface area (Å²) in [7, 11) is 0. The van der Waals surface area contributed by atoms with Crippen molar-refractivity contribution < 1.29 is 0 Å². The van der Waals surface area contributed by atoms with Gasteiger partial charge < -0.3 is 9.13 Å². The van der Waals surface area contributed by atoms with Gasteiger partial charge in [-0.05, 0) is 67.7 Å². The van der Waals surface area contributed by atoms with E-state index in [0.717, 1.165) is 18.5 Å². The molecule has 3 aromatic carbocycles. The molecule has 0 radical (unpaired) electrons. The Hall–Kier alpha value is -3.78. The van der Waals surface area contributed by atoms with Crippen LogP contribution in [0.2, 0.25) is 0 Å². The number of aryl methyl sites for hydroxylation is 1. The lowest BCUT2D eigenvalue weighted by atomic mass is 9.94. The smallest absolute Gasteiger partial charge is 0.0637 e. The topological polar surface area (TPSA) is 9.86 Å². The molecule has 2 nitrogen and oxygen atoms in total.